The molecule has 14 heavy (non-hydrogen) atoms. The second-order valence-electron chi connectivity index (χ2n) is 3.63. The molecule has 1 unspecified atom stereocenters. The molecule has 80 valence electrons. The Bertz CT molecular complexity index is 260. The Morgan fingerprint density at radius 2 is 2.43 bits per heavy atom. The van der Waals surface area contributed by atoms with Gasteiger partial charge in [-0.25, -0.2) is 4.98 Å². The quantitative estimate of drug-likeness (QED) is 0.578. The third-order valence-corrected chi connectivity index (χ3v) is 2.74. The zero-order valence-corrected chi connectivity index (χ0v) is 9.59. The van der Waals surface area contributed by atoms with E-state index < -0.39 is 0 Å². The highest BCUT2D eigenvalue weighted by Gasteiger charge is 1.99. The summed E-state index contributed by atoms with van der Waals surface area (Å²) in [5.74, 6) is 2.33. The van der Waals surface area contributed by atoms with Gasteiger partial charge in [0, 0.05) is 31.4 Å². The molecular formula is C10H18ClN3. The normalized spacial score (nSPS) is 13.1. The number of halogens is 1. The molecule has 0 saturated heterocycles. The molecule has 0 aromatic carbocycles. The number of imidazole rings is 1. The van der Waals surface area contributed by atoms with Crippen molar-refractivity contribution >= 4 is 11.6 Å². The van der Waals surface area contributed by atoms with Crippen molar-refractivity contribution in [1.29, 1.82) is 0 Å². The van der Waals surface area contributed by atoms with Crippen LogP contribution in [0.5, 0.6) is 0 Å². The van der Waals surface area contributed by atoms with E-state index in [1.54, 1.807) is 0 Å². The topological polar surface area (TPSA) is 29.9 Å². The minimum Gasteiger partial charge on any atom is -0.334 e. The summed E-state index contributed by atoms with van der Waals surface area (Å²) >= 11 is 5.70. The maximum atomic E-state index is 5.70. The van der Waals surface area contributed by atoms with Gasteiger partial charge in [-0.05, 0) is 19.4 Å². The second-order valence-corrected chi connectivity index (χ2v) is 3.94. The van der Waals surface area contributed by atoms with Gasteiger partial charge < -0.3 is 9.88 Å². The Balaban J connectivity index is 2.13. The smallest absolute Gasteiger partial charge is 0.105 e. The second kappa shape index (κ2) is 6.04. The molecule has 1 heterocycles. The van der Waals surface area contributed by atoms with Gasteiger partial charge >= 0.3 is 0 Å². The minimum absolute atomic E-state index is 0.542. The molecule has 1 rings (SSSR count). The van der Waals surface area contributed by atoms with E-state index in [9.17, 15) is 0 Å². The predicted molar refractivity (Wildman–Crippen MR) is 59.7 cm³/mol. The van der Waals surface area contributed by atoms with Crippen LogP contribution in [0.15, 0.2) is 12.4 Å². The van der Waals surface area contributed by atoms with Crippen LogP contribution >= 0.6 is 11.6 Å². The van der Waals surface area contributed by atoms with Gasteiger partial charge in [0.25, 0.3) is 0 Å². The summed E-state index contributed by atoms with van der Waals surface area (Å²) in [4.78, 5) is 4.16. The lowest BCUT2D eigenvalue weighted by Crippen LogP contribution is -2.25. The predicted octanol–water partition coefficient (Wildman–Crippen LogP) is 1.66. The van der Waals surface area contributed by atoms with E-state index in [4.69, 9.17) is 11.6 Å². The molecule has 1 aromatic rings. The third-order valence-electron chi connectivity index (χ3n) is 2.21. The number of aromatic nitrogens is 2. The van der Waals surface area contributed by atoms with Crippen molar-refractivity contribution in [3.8, 4) is 0 Å². The fourth-order valence-corrected chi connectivity index (χ4v) is 1.35. The summed E-state index contributed by atoms with van der Waals surface area (Å²) in [5.41, 5.74) is 0. The summed E-state index contributed by atoms with van der Waals surface area (Å²) < 4.78 is 2.14. The highest BCUT2D eigenvalue weighted by molar-refractivity contribution is 6.18. The van der Waals surface area contributed by atoms with Gasteiger partial charge in [0.1, 0.15) is 5.82 Å². The van der Waals surface area contributed by atoms with Gasteiger partial charge in [0.2, 0.25) is 0 Å². The van der Waals surface area contributed by atoms with Crippen molar-refractivity contribution in [2.75, 3.05) is 19.0 Å². The van der Waals surface area contributed by atoms with Crippen molar-refractivity contribution in [2.24, 2.45) is 5.92 Å². The number of rotatable bonds is 6. The molecule has 3 nitrogen and oxygen atoms in total. The van der Waals surface area contributed by atoms with Crippen molar-refractivity contribution in [3.63, 3.8) is 0 Å². The highest BCUT2D eigenvalue weighted by Crippen LogP contribution is 1.96. The SMILES string of the molecule is Cc1nccn1CCNCC(C)CCl. The van der Waals surface area contributed by atoms with E-state index in [0.29, 0.717) is 5.92 Å². The van der Waals surface area contributed by atoms with E-state index in [2.05, 4.69) is 21.8 Å². The number of alkyl halides is 1. The van der Waals surface area contributed by atoms with Crippen LogP contribution in [0.3, 0.4) is 0 Å². The Morgan fingerprint density at radius 3 is 3.00 bits per heavy atom. The van der Waals surface area contributed by atoms with Crippen molar-refractivity contribution in [1.82, 2.24) is 14.9 Å². The lowest BCUT2D eigenvalue weighted by molar-refractivity contribution is 0.524. The van der Waals surface area contributed by atoms with Crippen molar-refractivity contribution < 1.29 is 0 Å². The summed E-state index contributed by atoms with van der Waals surface area (Å²) in [6.07, 6.45) is 3.83. The van der Waals surface area contributed by atoms with E-state index in [1.807, 2.05) is 19.3 Å². The van der Waals surface area contributed by atoms with Gasteiger partial charge in [0.05, 0.1) is 0 Å². The first kappa shape index (κ1) is 11.5. The first-order chi connectivity index (χ1) is 6.74. The van der Waals surface area contributed by atoms with Crippen molar-refractivity contribution in [3.05, 3.63) is 18.2 Å². The van der Waals surface area contributed by atoms with Gasteiger partial charge in [-0.1, -0.05) is 6.92 Å². The first-order valence-corrected chi connectivity index (χ1v) is 5.52. The largest absolute Gasteiger partial charge is 0.334 e. The summed E-state index contributed by atoms with van der Waals surface area (Å²) in [6.45, 7) is 7.08. The zero-order valence-electron chi connectivity index (χ0n) is 8.83. The molecule has 0 fully saturated rings. The van der Waals surface area contributed by atoms with Crippen LogP contribution < -0.4 is 5.32 Å². The van der Waals surface area contributed by atoms with Gasteiger partial charge in [-0.3, -0.25) is 0 Å². The maximum Gasteiger partial charge on any atom is 0.105 e. The monoisotopic (exact) mass is 215 g/mol. The molecule has 1 atom stereocenters. The number of aryl methyl sites for hydroxylation is 1. The van der Waals surface area contributed by atoms with E-state index in [-0.39, 0.29) is 0 Å². The molecule has 0 bridgehead atoms. The summed E-state index contributed by atoms with van der Waals surface area (Å²) in [7, 11) is 0. The highest BCUT2D eigenvalue weighted by atomic mass is 35.5. The molecule has 1 aromatic heterocycles. The van der Waals surface area contributed by atoms with Gasteiger partial charge in [-0.15, -0.1) is 11.6 Å². The first-order valence-electron chi connectivity index (χ1n) is 4.98. The fraction of sp³-hybridized carbons (Fsp3) is 0.700. The standard InChI is InChI=1S/C10H18ClN3/c1-9(7-11)8-12-3-5-14-6-4-13-10(14)2/h4,6,9,12H,3,5,7-8H2,1-2H3. The molecule has 0 aliphatic carbocycles. The lowest BCUT2D eigenvalue weighted by Gasteiger charge is -2.10. The van der Waals surface area contributed by atoms with Crippen LogP contribution in [0.2, 0.25) is 0 Å². The molecule has 0 spiro atoms. The maximum absolute atomic E-state index is 5.70. The fourth-order valence-electron chi connectivity index (χ4n) is 1.24. The average molecular weight is 216 g/mol. The van der Waals surface area contributed by atoms with Crippen LogP contribution in [0.1, 0.15) is 12.7 Å². The minimum atomic E-state index is 0.542. The number of nitrogens with one attached hydrogen (secondary N) is 1. The molecule has 4 heteroatoms. The lowest BCUT2D eigenvalue weighted by atomic mass is 10.2. The molecule has 0 aliphatic heterocycles. The van der Waals surface area contributed by atoms with Crippen LogP contribution in [0.25, 0.3) is 0 Å². The molecular weight excluding hydrogens is 198 g/mol. The molecule has 0 amide bonds. The summed E-state index contributed by atoms with van der Waals surface area (Å²) in [6, 6.07) is 0. The Kier molecular flexibility index (Phi) is 4.98. The van der Waals surface area contributed by atoms with Gasteiger partial charge in [-0.2, -0.15) is 0 Å². The molecule has 0 radical (unpaired) electrons. The Morgan fingerprint density at radius 1 is 1.64 bits per heavy atom. The number of hydrogen-bond acceptors (Lipinski definition) is 2. The molecule has 0 saturated carbocycles. The van der Waals surface area contributed by atoms with Crippen LogP contribution in [-0.4, -0.2) is 28.5 Å². The Labute approximate surface area is 90.5 Å². The van der Waals surface area contributed by atoms with Crippen LogP contribution in [0.4, 0.5) is 0 Å². The van der Waals surface area contributed by atoms with Gasteiger partial charge in [0.15, 0.2) is 0 Å². The van der Waals surface area contributed by atoms with Crippen molar-refractivity contribution in [2.45, 2.75) is 20.4 Å². The van der Waals surface area contributed by atoms with E-state index >= 15 is 0 Å². The third kappa shape index (κ3) is 3.68. The molecule has 1 N–H and O–H groups in total. The van der Waals surface area contributed by atoms with Crippen LogP contribution in [0, 0.1) is 12.8 Å². The molecule has 0 aliphatic rings. The summed E-state index contributed by atoms with van der Waals surface area (Å²) in [5, 5.41) is 3.37. The zero-order chi connectivity index (χ0) is 10.4. The van der Waals surface area contributed by atoms with E-state index in [1.165, 1.54) is 0 Å². The number of nitrogens with zero attached hydrogens (tertiary/aromatic N) is 2. The van der Waals surface area contributed by atoms with Crippen LogP contribution in [-0.2, 0) is 6.54 Å². The number of hydrogen-bond donors (Lipinski definition) is 1. The van der Waals surface area contributed by atoms with E-state index in [0.717, 1.165) is 31.3 Å². The average Bonchev–Trinajstić information content (AvgIpc) is 2.58. The Hall–Kier alpha value is -0.540.